The monoisotopic (exact) mass is 292 g/mol. The quantitative estimate of drug-likeness (QED) is 0.784. The topological polar surface area (TPSA) is 34.1 Å². The summed E-state index contributed by atoms with van der Waals surface area (Å²) in [7, 11) is -6.37. The summed E-state index contributed by atoms with van der Waals surface area (Å²) in [6, 6.07) is 4.68. The first-order valence-corrected chi connectivity index (χ1v) is 5.94. The van der Waals surface area contributed by atoms with Gasteiger partial charge in [-0.05, 0) is 5.56 Å². The van der Waals surface area contributed by atoms with Crippen LogP contribution < -0.4 is 0 Å². The van der Waals surface area contributed by atoms with Crippen LogP contribution in [0.3, 0.4) is 0 Å². The molecule has 1 rings (SSSR count). The van der Waals surface area contributed by atoms with Gasteiger partial charge in [-0.2, -0.15) is 26.3 Å². The highest BCUT2D eigenvalue weighted by Crippen LogP contribution is 2.45. The molecule has 0 N–H and O–H groups in total. The van der Waals surface area contributed by atoms with Gasteiger partial charge in [0.15, 0.2) is 5.25 Å². The molecule has 0 amide bonds. The summed E-state index contributed by atoms with van der Waals surface area (Å²) < 4.78 is 96.2. The van der Waals surface area contributed by atoms with E-state index in [1.165, 1.54) is 6.07 Å². The van der Waals surface area contributed by atoms with E-state index in [1.807, 2.05) is 0 Å². The summed E-state index contributed by atoms with van der Waals surface area (Å²) in [6.07, 6.45) is -5.55. The minimum atomic E-state index is -6.37. The van der Waals surface area contributed by atoms with Gasteiger partial charge in [0.05, 0.1) is 0 Å². The molecule has 1 unspecified atom stereocenters. The van der Waals surface area contributed by atoms with Crippen molar-refractivity contribution >= 4 is 9.84 Å². The largest absolute Gasteiger partial charge is 0.498 e. The highest BCUT2D eigenvalue weighted by molar-refractivity contribution is 7.92. The fourth-order valence-electron chi connectivity index (χ4n) is 1.31. The first-order valence-electron chi connectivity index (χ1n) is 4.40. The number of rotatable bonds is 2. The maximum atomic E-state index is 12.6. The van der Waals surface area contributed by atoms with E-state index in [2.05, 4.69) is 0 Å². The molecule has 0 spiro atoms. The van der Waals surface area contributed by atoms with E-state index >= 15 is 0 Å². The first-order chi connectivity index (χ1) is 7.98. The molecule has 0 aliphatic carbocycles. The predicted molar refractivity (Wildman–Crippen MR) is 50.2 cm³/mol. The molecule has 2 nitrogen and oxygen atoms in total. The second-order valence-electron chi connectivity index (χ2n) is 3.32. The highest BCUT2D eigenvalue weighted by atomic mass is 32.2. The van der Waals surface area contributed by atoms with Crippen LogP contribution >= 0.6 is 0 Å². The van der Waals surface area contributed by atoms with Gasteiger partial charge in [0.2, 0.25) is 0 Å². The summed E-state index contributed by atoms with van der Waals surface area (Å²) >= 11 is 0. The van der Waals surface area contributed by atoms with Crippen LogP contribution in [0.5, 0.6) is 0 Å². The maximum absolute atomic E-state index is 12.6. The van der Waals surface area contributed by atoms with E-state index in [4.69, 9.17) is 0 Å². The Morgan fingerprint density at radius 2 is 1.33 bits per heavy atom. The standard InChI is InChI=1S/C9H6F6O2S/c10-8(11,12)7(6-4-2-1-3-5-6)18(16,17)9(13,14)15/h1-5,7H. The Kier molecular flexibility index (Phi) is 3.66. The number of hydrogen-bond acceptors (Lipinski definition) is 2. The van der Waals surface area contributed by atoms with Gasteiger partial charge < -0.3 is 0 Å². The van der Waals surface area contributed by atoms with Gasteiger partial charge in [0.1, 0.15) is 0 Å². The van der Waals surface area contributed by atoms with Gasteiger partial charge in [-0.3, -0.25) is 0 Å². The fourth-order valence-corrected chi connectivity index (χ4v) is 2.44. The van der Waals surface area contributed by atoms with Crippen LogP contribution in [0, 0.1) is 0 Å². The Bertz CT molecular complexity index is 502. The van der Waals surface area contributed by atoms with Crippen molar-refractivity contribution in [3.8, 4) is 0 Å². The predicted octanol–water partition coefficient (Wildman–Crippen LogP) is 3.22. The van der Waals surface area contributed by atoms with Crippen molar-refractivity contribution in [3.05, 3.63) is 35.9 Å². The zero-order valence-corrected chi connectivity index (χ0v) is 9.27. The first kappa shape index (κ1) is 14.8. The van der Waals surface area contributed by atoms with E-state index in [0.29, 0.717) is 12.1 Å². The second kappa shape index (κ2) is 4.45. The van der Waals surface area contributed by atoms with Gasteiger partial charge in [-0.1, -0.05) is 30.3 Å². The molecule has 1 aromatic rings. The molecule has 0 aliphatic rings. The van der Waals surface area contributed by atoms with Crippen molar-refractivity contribution in [2.45, 2.75) is 16.9 Å². The molecular formula is C9H6F6O2S. The lowest BCUT2D eigenvalue weighted by Crippen LogP contribution is -2.37. The molecule has 1 atom stereocenters. The molecule has 9 heteroatoms. The third-order valence-electron chi connectivity index (χ3n) is 2.03. The molecule has 0 bridgehead atoms. The van der Waals surface area contributed by atoms with Crippen molar-refractivity contribution in [3.63, 3.8) is 0 Å². The molecule has 1 aromatic carbocycles. The van der Waals surface area contributed by atoms with Gasteiger partial charge >= 0.3 is 11.7 Å². The normalized spacial score (nSPS) is 15.4. The van der Waals surface area contributed by atoms with Crippen molar-refractivity contribution < 1.29 is 34.8 Å². The van der Waals surface area contributed by atoms with Gasteiger partial charge in [-0.15, -0.1) is 0 Å². The third kappa shape index (κ3) is 2.77. The number of sulfone groups is 1. The molecule has 18 heavy (non-hydrogen) atoms. The molecule has 102 valence electrons. The second-order valence-corrected chi connectivity index (χ2v) is 5.35. The van der Waals surface area contributed by atoms with Crippen molar-refractivity contribution in [1.29, 1.82) is 0 Å². The van der Waals surface area contributed by atoms with Crippen LogP contribution in [-0.4, -0.2) is 20.1 Å². The average Bonchev–Trinajstić information content (AvgIpc) is 2.14. The van der Waals surface area contributed by atoms with Crippen molar-refractivity contribution in [2.75, 3.05) is 0 Å². The summed E-state index contributed by atoms with van der Waals surface area (Å²) in [5.41, 5.74) is -6.94. The van der Waals surface area contributed by atoms with Crippen LogP contribution in [0.15, 0.2) is 30.3 Å². The number of benzene rings is 1. The van der Waals surface area contributed by atoms with Gasteiger partial charge in [0.25, 0.3) is 9.84 Å². The van der Waals surface area contributed by atoms with Crippen LogP contribution in [0.4, 0.5) is 26.3 Å². The number of halogens is 6. The lowest BCUT2D eigenvalue weighted by atomic mass is 10.1. The van der Waals surface area contributed by atoms with Crippen LogP contribution in [0.2, 0.25) is 0 Å². The summed E-state index contributed by atoms with van der Waals surface area (Å²) in [6.45, 7) is 0. The van der Waals surface area contributed by atoms with Crippen LogP contribution in [-0.2, 0) is 9.84 Å². The van der Waals surface area contributed by atoms with E-state index in [9.17, 15) is 34.8 Å². The molecule has 0 radical (unpaired) electrons. The Hall–Kier alpha value is -1.25. The zero-order valence-electron chi connectivity index (χ0n) is 8.46. The van der Waals surface area contributed by atoms with E-state index < -0.39 is 32.3 Å². The Balaban J connectivity index is 3.44. The SMILES string of the molecule is O=S(=O)(C(c1ccccc1)C(F)(F)F)C(F)(F)F. The Morgan fingerprint density at radius 3 is 1.67 bits per heavy atom. The van der Waals surface area contributed by atoms with E-state index in [-0.39, 0.29) is 0 Å². The Morgan fingerprint density at radius 1 is 0.889 bits per heavy atom. The number of hydrogen-bond donors (Lipinski definition) is 0. The summed E-state index contributed by atoms with van der Waals surface area (Å²) in [5, 5.41) is -3.61. The summed E-state index contributed by atoms with van der Waals surface area (Å²) in [5.74, 6) is 0. The lowest BCUT2D eigenvalue weighted by molar-refractivity contribution is -0.136. The molecule has 0 fully saturated rings. The lowest BCUT2D eigenvalue weighted by Gasteiger charge is -2.22. The maximum Gasteiger partial charge on any atom is 0.498 e. The zero-order chi connectivity index (χ0) is 14.2. The molecule has 0 saturated heterocycles. The van der Waals surface area contributed by atoms with Crippen molar-refractivity contribution in [2.24, 2.45) is 0 Å². The molecule has 0 aromatic heterocycles. The summed E-state index contributed by atoms with van der Waals surface area (Å²) in [4.78, 5) is 0. The van der Waals surface area contributed by atoms with Crippen LogP contribution in [0.25, 0.3) is 0 Å². The minimum Gasteiger partial charge on any atom is -0.219 e. The minimum absolute atomic E-state index is 0.682. The molecule has 0 aliphatic heterocycles. The van der Waals surface area contributed by atoms with Crippen LogP contribution in [0.1, 0.15) is 10.8 Å². The van der Waals surface area contributed by atoms with E-state index in [0.717, 1.165) is 12.1 Å². The smallest absolute Gasteiger partial charge is 0.219 e. The van der Waals surface area contributed by atoms with Crippen molar-refractivity contribution in [1.82, 2.24) is 0 Å². The number of alkyl halides is 6. The fraction of sp³-hybridized carbons (Fsp3) is 0.333. The van der Waals surface area contributed by atoms with Gasteiger partial charge in [-0.25, -0.2) is 8.42 Å². The van der Waals surface area contributed by atoms with E-state index in [1.54, 1.807) is 0 Å². The molecular weight excluding hydrogens is 286 g/mol. The molecule has 0 heterocycles. The third-order valence-corrected chi connectivity index (χ3v) is 3.84. The highest BCUT2D eigenvalue weighted by Gasteiger charge is 2.60. The van der Waals surface area contributed by atoms with Gasteiger partial charge in [0, 0.05) is 0 Å². The Labute approximate surface area is 98.1 Å². The average molecular weight is 292 g/mol. The molecule has 0 saturated carbocycles.